The molecule has 1 aromatic rings. The maximum atomic E-state index is 9.03. The van der Waals surface area contributed by atoms with Gasteiger partial charge in [0.1, 0.15) is 11.5 Å². The molecule has 0 aliphatic heterocycles. The van der Waals surface area contributed by atoms with Gasteiger partial charge in [-0.3, -0.25) is 0 Å². The van der Waals surface area contributed by atoms with Gasteiger partial charge in [-0.15, -0.1) is 0 Å². The summed E-state index contributed by atoms with van der Waals surface area (Å²) in [5, 5.41) is 9.03. The predicted octanol–water partition coefficient (Wildman–Crippen LogP) is 1.48. The van der Waals surface area contributed by atoms with Crippen LogP contribution < -0.4 is 4.74 Å². The highest BCUT2D eigenvalue weighted by Gasteiger charge is 1.92. The van der Waals surface area contributed by atoms with E-state index in [0.29, 0.717) is 0 Å². The second kappa shape index (κ2) is 4.03. The quantitative estimate of drug-likeness (QED) is 0.689. The van der Waals surface area contributed by atoms with Gasteiger partial charge in [0.25, 0.3) is 0 Å². The van der Waals surface area contributed by atoms with Gasteiger partial charge in [-0.2, -0.15) is 0 Å². The van der Waals surface area contributed by atoms with E-state index in [1.807, 2.05) is 6.07 Å². The second-order valence-corrected chi connectivity index (χ2v) is 3.14. The highest BCUT2D eigenvalue weighted by Crippen LogP contribution is 2.16. The van der Waals surface area contributed by atoms with Crippen LogP contribution in [0.15, 0.2) is 24.3 Å². The zero-order valence-corrected chi connectivity index (χ0v) is 7.37. The van der Waals surface area contributed by atoms with Gasteiger partial charge in [0, 0.05) is 6.07 Å². The van der Waals surface area contributed by atoms with Crippen LogP contribution in [0.3, 0.4) is 0 Å². The zero-order chi connectivity index (χ0) is 8.10. The summed E-state index contributed by atoms with van der Waals surface area (Å²) in [6.45, 7) is 2.07. The molecular formula is C8H10O2Si. The maximum Gasteiger partial charge on any atom is 0.122 e. The molecule has 1 aromatic carbocycles. The molecular weight excluding hydrogens is 156 g/mol. The van der Waals surface area contributed by atoms with Gasteiger partial charge in [0.15, 0.2) is 0 Å². The van der Waals surface area contributed by atoms with E-state index in [-0.39, 0.29) is 5.75 Å². The molecule has 11 heavy (non-hydrogen) atoms. The lowest BCUT2D eigenvalue weighted by molar-refractivity contribution is 0.380. The number of hydrogen-bond donors (Lipinski definition) is 1. The Labute approximate surface area is 68.6 Å². The number of ether oxygens (including phenoxy) is 1. The van der Waals surface area contributed by atoms with Crippen LogP contribution in [0, 0.1) is 0 Å². The van der Waals surface area contributed by atoms with E-state index in [0.717, 1.165) is 21.5 Å². The van der Waals surface area contributed by atoms with Crippen LogP contribution in [-0.4, -0.2) is 20.9 Å². The van der Waals surface area contributed by atoms with Crippen molar-refractivity contribution in [3.63, 3.8) is 0 Å². The third-order valence-corrected chi connectivity index (χ3v) is 1.63. The molecule has 58 valence electrons. The minimum absolute atomic E-state index is 0.252. The lowest BCUT2D eigenvalue weighted by atomic mass is 10.3. The summed E-state index contributed by atoms with van der Waals surface area (Å²) >= 11 is 0. The summed E-state index contributed by atoms with van der Waals surface area (Å²) in [5.74, 6) is 0.987. The molecule has 0 saturated carbocycles. The number of aromatic hydroxyl groups is 1. The molecule has 0 fully saturated rings. The summed E-state index contributed by atoms with van der Waals surface area (Å²) in [4.78, 5) is 0. The minimum Gasteiger partial charge on any atom is -0.508 e. The monoisotopic (exact) mass is 166 g/mol. The van der Waals surface area contributed by atoms with E-state index in [2.05, 4.69) is 6.55 Å². The molecule has 1 rings (SSSR count). The first-order valence-electron chi connectivity index (χ1n) is 3.39. The van der Waals surface area contributed by atoms with Gasteiger partial charge >= 0.3 is 0 Å². The third-order valence-electron chi connectivity index (χ3n) is 1.20. The molecule has 0 atom stereocenters. The molecule has 2 nitrogen and oxygen atoms in total. The smallest absolute Gasteiger partial charge is 0.122 e. The fourth-order valence-electron chi connectivity index (χ4n) is 0.729. The first-order chi connectivity index (χ1) is 5.33. The van der Waals surface area contributed by atoms with Gasteiger partial charge in [-0.25, -0.2) is 0 Å². The van der Waals surface area contributed by atoms with Gasteiger partial charge in [0.2, 0.25) is 0 Å². The van der Waals surface area contributed by atoms with Crippen molar-refractivity contribution in [3.8, 4) is 11.5 Å². The fraction of sp³-hybridized carbons (Fsp3) is 0.250. The fourth-order valence-corrected chi connectivity index (χ4v) is 1.04. The van der Waals surface area contributed by atoms with E-state index in [1.54, 1.807) is 18.2 Å². The van der Waals surface area contributed by atoms with Gasteiger partial charge in [-0.05, 0) is 12.1 Å². The van der Waals surface area contributed by atoms with Crippen LogP contribution in [0.5, 0.6) is 11.5 Å². The van der Waals surface area contributed by atoms with Crippen molar-refractivity contribution >= 4 is 9.52 Å². The Morgan fingerprint density at radius 2 is 2.36 bits per heavy atom. The van der Waals surface area contributed by atoms with E-state index in [9.17, 15) is 0 Å². The number of hydrogen-bond acceptors (Lipinski definition) is 2. The number of benzene rings is 1. The molecule has 0 unspecified atom stereocenters. The molecule has 0 spiro atoms. The molecule has 0 aliphatic rings. The third kappa shape index (κ3) is 2.63. The van der Waals surface area contributed by atoms with Crippen molar-refractivity contribution in [2.45, 2.75) is 6.55 Å². The van der Waals surface area contributed by atoms with E-state index < -0.39 is 0 Å². The largest absolute Gasteiger partial charge is 0.508 e. The minimum atomic E-state index is 0.252. The predicted molar refractivity (Wildman–Crippen MR) is 45.2 cm³/mol. The van der Waals surface area contributed by atoms with Crippen LogP contribution in [0.2, 0.25) is 6.55 Å². The second-order valence-electron chi connectivity index (χ2n) is 2.14. The summed E-state index contributed by atoms with van der Waals surface area (Å²) in [5.41, 5.74) is 0. The van der Waals surface area contributed by atoms with Crippen LogP contribution in [0.4, 0.5) is 0 Å². The first kappa shape index (κ1) is 8.14. The Balaban J connectivity index is 2.56. The molecule has 3 heteroatoms. The summed E-state index contributed by atoms with van der Waals surface area (Å²) < 4.78 is 5.29. The number of phenolic OH excluding ortho intramolecular Hbond substituents is 1. The Hall–Kier alpha value is -0.963. The van der Waals surface area contributed by atoms with E-state index in [1.165, 1.54) is 0 Å². The highest BCUT2D eigenvalue weighted by molar-refractivity contribution is 6.33. The molecule has 0 aliphatic carbocycles. The van der Waals surface area contributed by atoms with Crippen molar-refractivity contribution in [1.82, 2.24) is 0 Å². The van der Waals surface area contributed by atoms with Crippen molar-refractivity contribution in [2.75, 3.05) is 6.23 Å². The average Bonchev–Trinajstić information content (AvgIpc) is 2.01. The zero-order valence-electron chi connectivity index (χ0n) is 6.37. The van der Waals surface area contributed by atoms with Gasteiger partial charge < -0.3 is 9.84 Å². The van der Waals surface area contributed by atoms with Crippen molar-refractivity contribution in [2.24, 2.45) is 0 Å². The van der Waals surface area contributed by atoms with Crippen molar-refractivity contribution in [3.05, 3.63) is 24.3 Å². The Kier molecular flexibility index (Phi) is 2.98. The summed E-state index contributed by atoms with van der Waals surface area (Å²) in [6.07, 6.45) is 0.726. The molecule has 0 amide bonds. The van der Waals surface area contributed by atoms with Crippen LogP contribution in [0.25, 0.3) is 0 Å². The lowest BCUT2D eigenvalue weighted by Crippen LogP contribution is -2.01. The molecule has 2 radical (unpaired) electrons. The van der Waals surface area contributed by atoms with E-state index >= 15 is 0 Å². The topological polar surface area (TPSA) is 29.5 Å². The summed E-state index contributed by atoms with van der Waals surface area (Å²) in [6, 6.07) is 6.84. The maximum absolute atomic E-state index is 9.03. The Morgan fingerprint density at radius 1 is 1.55 bits per heavy atom. The van der Waals surface area contributed by atoms with E-state index in [4.69, 9.17) is 9.84 Å². The molecule has 0 saturated heterocycles. The number of phenols is 1. The lowest BCUT2D eigenvalue weighted by Gasteiger charge is -2.02. The number of rotatable bonds is 3. The van der Waals surface area contributed by atoms with Gasteiger partial charge in [0.05, 0.1) is 15.7 Å². The molecule has 0 bridgehead atoms. The molecule has 0 aromatic heterocycles. The first-order valence-corrected chi connectivity index (χ1v) is 5.10. The standard InChI is InChI=1S/C8H10O2Si/c1-11-6-10-8-4-2-3-7(9)5-8/h2-5,9H,6H2,1H3. The Morgan fingerprint density at radius 3 is 3.00 bits per heavy atom. The SMILES string of the molecule is C[Si]COc1cccc(O)c1. The van der Waals surface area contributed by atoms with Crippen LogP contribution >= 0.6 is 0 Å². The van der Waals surface area contributed by atoms with Crippen molar-refractivity contribution < 1.29 is 9.84 Å². The van der Waals surface area contributed by atoms with Crippen LogP contribution in [-0.2, 0) is 0 Å². The summed E-state index contributed by atoms with van der Waals surface area (Å²) in [7, 11) is 0.776. The normalized spacial score (nSPS) is 9.55. The molecule has 1 N–H and O–H groups in total. The van der Waals surface area contributed by atoms with Crippen LogP contribution in [0.1, 0.15) is 0 Å². The molecule has 0 heterocycles. The van der Waals surface area contributed by atoms with Gasteiger partial charge in [-0.1, -0.05) is 12.6 Å². The van der Waals surface area contributed by atoms with Crippen molar-refractivity contribution in [1.29, 1.82) is 0 Å². The highest BCUT2D eigenvalue weighted by atomic mass is 28.2. The Bertz CT molecular complexity index is 225. The average molecular weight is 166 g/mol.